The van der Waals surface area contributed by atoms with Gasteiger partial charge in [-0.1, -0.05) is 0 Å². The van der Waals surface area contributed by atoms with Crippen LogP contribution in [-0.4, -0.2) is 46.8 Å². The smallest absolute Gasteiger partial charge is 0.339 e. The summed E-state index contributed by atoms with van der Waals surface area (Å²) in [6.07, 6.45) is 0.627. The van der Waals surface area contributed by atoms with Crippen molar-refractivity contribution in [2.45, 2.75) is 33.6 Å². The number of ether oxygens (including phenoxy) is 2. The van der Waals surface area contributed by atoms with Crippen LogP contribution >= 0.6 is 0 Å². The molecule has 3 rings (SSSR count). The fourth-order valence-corrected chi connectivity index (χ4v) is 3.86. The number of nitrogens with one attached hydrogen (secondary N) is 1. The first-order chi connectivity index (χ1) is 15.2. The first-order valence-electron chi connectivity index (χ1n) is 10.1. The molecule has 32 heavy (non-hydrogen) atoms. The molecule has 1 amide bonds. The number of fused-ring (bicyclic) bond motifs is 1. The van der Waals surface area contributed by atoms with Gasteiger partial charge in [0.05, 0.1) is 36.7 Å². The number of aryl methyl sites for hydroxylation is 4. The first-order valence-corrected chi connectivity index (χ1v) is 10.1. The number of carbonyl (C=O) groups excluding carboxylic acids is 3. The number of benzene rings is 1. The SMILES string of the molecule is COC(=O)c1ccc(C(=O)OC)c(NC(=O)CCc2c(C)nc3c(c(C)nn3C)c2C)c1. The van der Waals surface area contributed by atoms with Gasteiger partial charge in [-0.15, -0.1) is 0 Å². The Morgan fingerprint density at radius 2 is 1.72 bits per heavy atom. The maximum atomic E-state index is 12.7. The van der Waals surface area contributed by atoms with Crippen molar-refractivity contribution in [3.8, 4) is 0 Å². The van der Waals surface area contributed by atoms with Crippen LogP contribution in [0.25, 0.3) is 11.0 Å². The number of esters is 2. The van der Waals surface area contributed by atoms with Gasteiger partial charge >= 0.3 is 11.9 Å². The molecule has 0 atom stereocenters. The number of nitrogens with zero attached hydrogens (tertiary/aromatic N) is 3. The van der Waals surface area contributed by atoms with Crippen LogP contribution in [0.3, 0.4) is 0 Å². The third-order valence-corrected chi connectivity index (χ3v) is 5.45. The second kappa shape index (κ2) is 9.17. The maximum absolute atomic E-state index is 12.7. The van der Waals surface area contributed by atoms with Crippen molar-refractivity contribution < 1.29 is 23.9 Å². The fraction of sp³-hybridized carbons (Fsp3) is 0.348. The largest absolute Gasteiger partial charge is 0.465 e. The van der Waals surface area contributed by atoms with Gasteiger partial charge in [0.1, 0.15) is 0 Å². The molecule has 0 spiro atoms. The average Bonchev–Trinajstić information content (AvgIpc) is 3.05. The monoisotopic (exact) mass is 438 g/mol. The van der Waals surface area contributed by atoms with E-state index in [1.54, 1.807) is 4.68 Å². The summed E-state index contributed by atoms with van der Waals surface area (Å²) in [5.74, 6) is -1.50. The standard InChI is InChI=1S/C23H26N4O5/c1-12-16(13(2)24-21-20(12)14(3)26-27(21)4)9-10-19(28)25-18-11-15(22(29)31-5)7-8-17(18)23(30)32-6/h7-8,11H,9-10H2,1-6H3,(H,25,28). The highest BCUT2D eigenvalue weighted by atomic mass is 16.5. The average molecular weight is 438 g/mol. The minimum atomic E-state index is -0.620. The molecule has 2 aromatic heterocycles. The molecule has 0 bridgehead atoms. The maximum Gasteiger partial charge on any atom is 0.339 e. The van der Waals surface area contributed by atoms with Crippen LogP contribution in [0.4, 0.5) is 5.69 Å². The van der Waals surface area contributed by atoms with Crippen LogP contribution in [0.2, 0.25) is 0 Å². The Balaban J connectivity index is 1.84. The summed E-state index contributed by atoms with van der Waals surface area (Å²) in [5.41, 5.74) is 5.13. The number of aromatic nitrogens is 3. The Kier molecular flexibility index (Phi) is 6.57. The number of rotatable bonds is 6. The van der Waals surface area contributed by atoms with E-state index in [0.29, 0.717) is 6.42 Å². The molecule has 9 heteroatoms. The highest BCUT2D eigenvalue weighted by Gasteiger charge is 2.19. The van der Waals surface area contributed by atoms with E-state index in [4.69, 9.17) is 9.47 Å². The Bertz CT molecular complexity index is 1230. The van der Waals surface area contributed by atoms with E-state index in [1.165, 1.54) is 32.4 Å². The number of pyridine rings is 1. The lowest BCUT2D eigenvalue weighted by Gasteiger charge is -2.13. The van der Waals surface area contributed by atoms with E-state index >= 15 is 0 Å². The number of hydrogen-bond acceptors (Lipinski definition) is 7. The molecular formula is C23H26N4O5. The zero-order valence-corrected chi connectivity index (χ0v) is 19.0. The summed E-state index contributed by atoms with van der Waals surface area (Å²) < 4.78 is 11.3. The van der Waals surface area contributed by atoms with Crippen molar-refractivity contribution in [1.82, 2.24) is 14.8 Å². The van der Waals surface area contributed by atoms with Gasteiger partial charge in [0.2, 0.25) is 5.91 Å². The summed E-state index contributed by atoms with van der Waals surface area (Å²) >= 11 is 0. The Morgan fingerprint density at radius 1 is 1.03 bits per heavy atom. The molecule has 9 nitrogen and oxygen atoms in total. The van der Waals surface area contributed by atoms with Crippen LogP contribution in [0.1, 0.15) is 49.7 Å². The van der Waals surface area contributed by atoms with Crippen LogP contribution in [0, 0.1) is 20.8 Å². The predicted molar refractivity (Wildman–Crippen MR) is 119 cm³/mol. The Morgan fingerprint density at radius 3 is 2.38 bits per heavy atom. The first kappa shape index (κ1) is 22.9. The highest BCUT2D eigenvalue weighted by Crippen LogP contribution is 2.26. The second-order valence-electron chi connectivity index (χ2n) is 7.50. The van der Waals surface area contributed by atoms with Gasteiger partial charge in [0.25, 0.3) is 0 Å². The Labute approximate surface area is 185 Å². The molecule has 1 N–H and O–H groups in total. The molecule has 0 saturated heterocycles. The zero-order chi connectivity index (χ0) is 23.6. The number of amides is 1. The van der Waals surface area contributed by atoms with Gasteiger partial charge in [-0.2, -0.15) is 5.10 Å². The minimum absolute atomic E-state index is 0.148. The van der Waals surface area contributed by atoms with Gasteiger partial charge in [0, 0.05) is 24.5 Å². The summed E-state index contributed by atoms with van der Waals surface area (Å²) in [6, 6.07) is 4.27. The molecule has 0 aliphatic carbocycles. The molecule has 0 unspecified atom stereocenters. The van der Waals surface area contributed by atoms with Crippen LogP contribution in [-0.2, 0) is 27.7 Å². The normalized spacial score (nSPS) is 10.8. The topological polar surface area (TPSA) is 112 Å². The molecule has 0 radical (unpaired) electrons. The van der Waals surface area contributed by atoms with Crippen molar-refractivity contribution in [1.29, 1.82) is 0 Å². The van der Waals surface area contributed by atoms with Crippen molar-refractivity contribution in [3.63, 3.8) is 0 Å². The highest BCUT2D eigenvalue weighted by molar-refractivity contribution is 6.03. The molecule has 168 valence electrons. The van der Waals surface area contributed by atoms with Crippen molar-refractivity contribution in [3.05, 3.63) is 51.8 Å². The molecule has 0 saturated carbocycles. The lowest BCUT2D eigenvalue weighted by atomic mass is 9.99. The van der Waals surface area contributed by atoms with Gasteiger partial charge < -0.3 is 14.8 Å². The number of hydrogen-bond donors (Lipinski definition) is 1. The van der Waals surface area contributed by atoms with E-state index in [2.05, 4.69) is 15.4 Å². The van der Waals surface area contributed by atoms with E-state index in [-0.39, 0.29) is 29.1 Å². The molecule has 0 aliphatic heterocycles. The summed E-state index contributed by atoms with van der Waals surface area (Å²) in [5, 5.41) is 8.16. The summed E-state index contributed by atoms with van der Waals surface area (Å²) in [6.45, 7) is 5.86. The van der Waals surface area contributed by atoms with Crippen molar-refractivity contribution in [2.75, 3.05) is 19.5 Å². The summed E-state index contributed by atoms with van der Waals surface area (Å²) in [4.78, 5) is 41.4. The third kappa shape index (κ3) is 4.32. The predicted octanol–water partition coefficient (Wildman–Crippen LogP) is 3.04. The lowest BCUT2D eigenvalue weighted by Crippen LogP contribution is -2.17. The number of carbonyl (C=O) groups is 3. The van der Waals surface area contributed by atoms with E-state index < -0.39 is 11.9 Å². The van der Waals surface area contributed by atoms with Crippen LogP contribution < -0.4 is 5.32 Å². The van der Waals surface area contributed by atoms with Gasteiger partial charge in [0.15, 0.2) is 5.65 Å². The number of methoxy groups -OCH3 is 2. The van der Waals surface area contributed by atoms with Crippen molar-refractivity contribution in [2.24, 2.45) is 7.05 Å². The molecule has 0 aliphatic rings. The third-order valence-electron chi connectivity index (χ3n) is 5.45. The van der Waals surface area contributed by atoms with Gasteiger partial charge in [-0.3, -0.25) is 9.48 Å². The molecule has 1 aromatic carbocycles. The second-order valence-corrected chi connectivity index (χ2v) is 7.50. The molecule has 2 heterocycles. The van der Waals surface area contributed by atoms with E-state index in [0.717, 1.165) is 33.5 Å². The summed E-state index contributed by atoms with van der Waals surface area (Å²) in [7, 11) is 4.36. The van der Waals surface area contributed by atoms with Crippen LogP contribution in [0.5, 0.6) is 0 Å². The zero-order valence-electron chi connectivity index (χ0n) is 19.0. The van der Waals surface area contributed by atoms with E-state index in [9.17, 15) is 14.4 Å². The van der Waals surface area contributed by atoms with Crippen LogP contribution in [0.15, 0.2) is 18.2 Å². The van der Waals surface area contributed by atoms with E-state index in [1.807, 2.05) is 27.8 Å². The van der Waals surface area contributed by atoms with Gasteiger partial charge in [-0.05, 0) is 56.5 Å². The molecule has 3 aromatic rings. The minimum Gasteiger partial charge on any atom is -0.465 e. The molecular weight excluding hydrogens is 412 g/mol. The molecule has 0 fully saturated rings. The fourth-order valence-electron chi connectivity index (χ4n) is 3.86. The Hall–Kier alpha value is -3.75. The lowest BCUT2D eigenvalue weighted by molar-refractivity contribution is -0.116. The number of anilines is 1. The van der Waals surface area contributed by atoms with Crippen molar-refractivity contribution >= 4 is 34.6 Å². The quantitative estimate of drug-likeness (QED) is 0.589. The van der Waals surface area contributed by atoms with Gasteiger partial charge in [-0.25, -0.2) is 14.6 Å².